The van der Waals surface area contributed by atoms with Crippen LogP contribution < -0.4 is 5.32 Å². The molecule has 0 saturated heterocycles. The smallest absolute Gasteiger partial charge is 0.113 e. The van der Waals surface area contributed by atoms with Gasteiger partial charge in [0.15, 0.2) is 0 Å². The molecule has 0 heterocycles. The summed E-state index contributed by atoms with van der Waals surface area (Å²) in [6.45, 7) is 6.49. The molecule has 0 aliphatic rings. The molecule has 2 nitrogen and oxygen atoms in total. The molecule has 1 N–H and O–H groups in total. The molecule has 0 saturated carbocycles. The van der Waals surface area contributed by atoms with E-state index in [1.807, 2.05) is 18.2 Å². The maximum absolute atomic E-state index is 4.80. The molecule has 0 spiro atoms. The van der Waals surface area contributed by atoms with Crippen molar-refractivity contribution in [3.8, 4) is 0 Å². The van der Waals surface area contributed by atoms with Crippen LogP contribution in [0.4, 0.5) is 5.69 Å². The standard InChI is InChI=1S/C24H24N2/c1-3-18-25-24(26-22-16-14-19(2)15-17-22)23(20-10-6-4-7-11-20)21-12-8-5-9-13-21/h3-17,23H,1,18H2,2H3,(H,25,26). The molecule has 3 aromatic rings. The Morgan fingerprint density at radius 3 is 1.92 bits per heavy atom. The van der Waals surface area contributed by atoms with E-state index in [2.05, 4.69) is 91.6 Å². The molecule has 26 heavy (non-hydrogen) atoms. The van der Waals surface area contributed by atoms with Gasteiger partial charge in [0, 0.05) is 5.69 Å². The van der Waals surface area contributed by atoms with Gasteiger partial charge in [-0.3, -0.25) is 4.99 Å². The molecule has 0 radical (unpaired) electrons. The Hall–Kier alpha value is -3.13. The van der Waals surface area contributed by atoms with Crippen LogP contribution in [0.1, 0.15) is 22.6 Å². The fourth-order valence-corrected chi connectivity index (χ4v) is 2.95. The first-order valence-electron chi connectivity index (χ1n) is 8.87. The van der Waals surface area contributed by atoms with Gasteiger partial charge in [0.1, 0.15) is 5.84 Å². The van der Waals surface area contributed by atoms with E-state index in [0.29, 0.717) is 6.54 Å². The molecular weight excluding hydrogens is 316 g/mol. The van der Waals surface area contributed by atoms with Crippen LogP contribution in [0.5, 0.6) is 0 Å². The monoisotopic (exact) mass is 340 g/mol. The second-order valence-corrected chi connectivity index (χ2v) is 6.26. The fourth-order valence-electron chi connectivity index (χ4n) is 2.95. The van der Waals surface area contributed by atoms with Gasteiger partial charge in [-0.25, -0.2) is 0 Å². The minimum absolute atomic E-state index is 0.0404. The molecular formula is C24H24N2. The predicted octanol–water partition coefficient (Wildman–Crippen LogP) is 5.82. The third-order valence-corrected chi connectivity index (χ3v) is 4.25. The average Bonchev–Trinajstić information content (AvgIpc) is 2.69. The second-order valence-electron chi connectivity index (χ2n) is 6.26. The number of nitrogens with zero attached hydrogens (tertiary/aromatic N) is 1. The molecule has 0 aliphatic heterocycles. The number of amidine groups is 1. The number of aryl methyl sites for hydroxylation is 1. The summed E-state index contributed by atoms with van der Waals surface area (Å²) >= 11 is 0. The summed E-state index contributed by atoms with van der Waals surface area (Å²) in [5.74, 6) is 0.963. The van der Waals surface area contributed by atoms with Gasteiger partial charge >= 0.3 is 0 Å². The van der Waals surface area contributed by atoms with Gasteiger partial charge in [0.25, 0.3) is 0 Å². The lowest BCUT2D eigenvalue weighted by molar-refractivity contribution is 1.05. The van der Waals surface area contributed by atoms with Crippen LogP contribution in [-0.2, 0) is 0 Å². The Labute approximate surface area is 155 Å². The van der Waals surface area contributed by atoms with Crippen molar-refractivity contribution >= 4 is 11.5 Å². The zero-order valence-electron chi connectivity index (χ0n) is 15.1. The van der Waals surface area contributed by atoms with Crippen LogP contribution in [-0.4, -0.2) is 12.4 Å². The van der Waals surface area contributed by atoms with Crippen molar-refractivity contribution in [2.24, 2.45) is 4.99 Å². The van der Waals surface area contributed by atoms with Crippen LogP contribution in [0.3, 0.4) is 0 Å². The van der Waals surface area contributed by atoms with Crippen molar-refractivity contribution in [2.45, 2.75) is 12.8 Å². The number of nitrogens with one attached hydrogen (secondary N) is 1. The molecule has 0 atom stereocenters. The molecule has 130 valence electrons. The normalized spacial score (nSPS) is 11.4. The van der Waals surface area contributed by atoms with Gasteiger partial charge in [0.05, 0.1) is 12.5 Å². The highest BCUT2D eigenvalue weighted by molar-refractivity contribution is 6.02. The quantitative estimate of drug-likeness (QED) is 0.341. The van der Waals surface area contributed by atoms with Crippen LogP contribution >= 0.6 is 0 Å². The lowest BCUT2D eigenvalue weighted by Gasteiger charge is -2.22. The van der Waals surface area contributed by atoms with Gasteiger partial charge in [-0.2, -0.15) is 0 Å². The van der Waals surface area contributed by atoms with Crippen LogP contribution in [0.25, 0.3) is 0 Å². The first-order valence-corrected chi connectivity index (χ1v) is 8.87. The van der Waals surface area contributed by atoms with E-state index in [-0.39, 0.29) is 5.92 Å². The summed E-state index contributed by atoms with van der Waals surface area (Å²) in [5, 5.41) is 3.54. The molecule has 0 aromatic heterocycles. The molecule has 2 heteroatoms. The maximum Gasteiger partial charge on any atom is 0.113 e. The van der Waals surface area contributed by atoms with E-state index in [9.17, 15) is 0 Å². The van der Waals surface area contributed by atoms with E-state index in [1.165, 1.54) is 16.7 Å². The van der Waals surface area contributed by atoms with Crippen molar-refractivity contribution in [1.29, 1.82) is 0 Å². The zero-order chi connectivity index (χ0) is 18.2. The number of benzene rings is 3. The first kappa shape index (κ1) is 17.7. The van der Waals surface area contributed by atoms with Crippen LogP contribution in [0.15, 0.2) is 103 Å². The van der Waals surface area contributed by atoms with Gasteiger partial charge in [-0.1, -0.05) is 84.4 Å². The van der Waals surface area contributed by atoms with Crippen molar-refractivity contribution in [1.82, 2.24) is 0 Å². The number of rotatable bonds is 6. The average molecular weight is 340 g/mol. The van der Waals surface area contributed by atoms with Gasteiger partial charge in [-0.15, -0.1) is 6.58 Å². The molecule has 0 fully saturated rings. The zero-order valence-corrected chi connectivity index (χ0v) is 15.1. The molecule has 0 aliphatic carbocycles. The Bertz CT molecular complexity index is 810. The highest BCUT2D eigenvalue weighted by Gasteiger charge is 2.20. The predicted molar refractivity (Wildman–Crippen MR) is 112 cm³/mol. The van der Waals surface area contributed by atoms with Crippen molar-refractivity contribution in [2.75, 3.05) is 11.9 Å². The van der Waals surface area contributed by atoms with Gasteiger partial charge < -0.3 is 5.32 Å². The van der Waals surface area contributed by atoms with Crippen LogP contribution in [0.2, 0.25) is 0 Å². The molecule has 3 rings (SSSR count). The third-order valence-electron chi connectivity index (χ3n) is 4.25. The Kier molecular flexibility index (Phi) is 6.00. The summed E-state index contributed by atoms with van der Waals surface area (Å²) < 4.78 is 0. The molecule has 0 amide bonds. The summed E-state index contributed by atoms with van der Waals surface area (Å²) in [7, 11) is 0. The highest BCUT2D eigenvalue weighted by Crippen LogP contribution is 2.27. The number of aliphatic imine (C=N–C) groups is 1. The van der Waals surface area contributed by atoms with Crippen molar-refractivity contribution < 1.29 is 0 Å². The summed E-state index contributed by atoms with van der Waals surface area (Å²) in [6, 6.07) is 29.4. The maximum atomic E-state index is 4.80. The van der Waals surface area contributed by atoms with Crippen LogP contribution in [0, 0.1) is 6.92 Å². The van der Waals surface area contributed by atoms with Crippen molar-refractivity contribution in [3.63, 3.8) is 0 Å². The van der Waals surface area contributed by atoms with E-state index < -0.39 is 0 Å². The summed E-state index contributed by atoms with van der Waals surface area (Å²) in [5.41, 5.74) is 4.69. The fraction of sp³-hybridized carbons (Fsp3) is 0.125. The topological polar surface area (TPSA) is 24.4 Å². The first-order chi connectivity index (χ1) is 12.8. The van der Waals surface area contributed by atoms with Gasteiger partial charge in [-0.05, 0) is 30.2 Å². The largest absolute Gasteiger partial charge is 0.343 e. The van der Waals surface area contributed by atoms with E-state index in [4.69, 9.17) is 4.99 Å². The SMILES string of the molecule is C=CCN=C(Nc1ccc(C)cc1)C(c1ccccc1)c1ccccc1. The molecule has 0 bridgehead atoms. The lowest BCUT2D eigenvalue weighted by atomic mass is 9.90. The van der Waals surface area contributed by atoms with Gasteiger partial charge in [0.2, 0.25) is 0 Å². The Morgan fingerprint density at radius 1 is 0.885 bits per heavy atom. The minimum atomic E-state index is 0.0404. The second kappa shape index (κ2) is 8.82. The minimum Gasteiger partial charge on any atom is -0.343 e. The van der Waals surface area contributed by atoms with E-state index in [1.54, 1.807) is 0 Å². The molecule has 3 aromatic carbocycles. The van der Waals surface area contributed by atoms with Crippen molar-refractivity contribution in [3.05, 3.63) is 114 Å². The summed E-state index contributed by atoms with van der Waals surface area (Å²) in [6.07, 6.45) is 1.82. The lowest BCUT2D eigenvalue weighted by Crippen LogP contribution is -2.23. The summed E-state index contributed by atoms with van der Waals surface area (Å²) in [4.78, 5) is 4.80. The van der Waals surface area contributed by atoms with E-state index >= 15 is 0 Å². The Balaban J connectivity index is 2.04. The van der Waals surface area contributed by atoms with E-state index in [0.717, 1.165) is 11.5 Å². The molecule has 0 unspecified atom stereocenters. The third kappa shape index (κ3) is 4.48. The number of hydrogen-bond donors (Lipinski definition) is 1. The number of hydrogen-bond acceptors (Lipinski definition) is 1. The highest BCUT2D eigenvalue weighted by atomic mass is 15.0. The number of anilines is 1. The Morgan fingerprint density at radius 2 is 1.42 bits per heavy atom.